The Morgan fingerprint density at radius 3 is 2.80 bits per heavy atom. The van der Waals surface area contributed by atoms with Crippen molar-refractivity contribution in [1.29, 1.82) is 0 Å². The number of ether oxygens (including phenoxy) is 1. The van der Waals surface area contributed by atoms with Crippen LogP contribution in [0.1, 0.15) is 24.2 Å². The van der Waals surface area contributed by atoms with Crippen LogP contribution in [0.2, 0.25) is 0 Å². The minimum absolute atomic E-state index is 0.0402. The summed E-state index contributed by atoms with van der Waals surface area (Å²) in [5.74, 6) is 1.72. The summed E-state index contributed by atoms with van der Waals surface area (Å²) in [6.07, 6.45) is 3.61. The van der Waals surface area contributed by atoms with Crippen molar-refractivity contribution in [3.8, 4) is 5.75 Å². The van der Waals surface area contributed by atoms with Gasteiger partial charge in [-0.25, -0.2) is 4.98 Å². The lowest BCUT2D eigenvalue weighted by Crippen LogP contribution is -2.49. The van der Waals surface area contributed by atoms with E-state index in [2.05, 4.69) is 56.0 Å². The number of alkyl halides is 1. The predicted octanol–water partition coefficient (Wildman–Crippen LogP) is 4.08. The predicted molar refractivity (Wildman–Crippen MR) is 124 cm³/mol. The number of halogens is 1. The molecule has 0 spiro atoms. The van der Waals surface area contributed by atoms with Crippen LogP contribution in [0.25, 0.3) is 10.9 Å². The number of benzene rings is 1. The Kier molecular flexibility index (Phi) is 6.13. The van der Waals surface area contributed by atoms with E-state index in [1.54, 1.807) is 6.20 Å². The van der Waals surface area contributed by atoms with E-state index in [1.807, 2.05) is 35.4 Å². The van der Waals surface area contributed by atoms with Gasteiger partial charge in [-0.2, -0.15) is 0 Å². The molecule has 2 aromatic heterocycles. The lowest BCUT2D eigenvalue weighted by atomic mass is 10.1. The number of hydrogen-bond acceptors (Lipinski definition) is 5. The van der Waals surface area contributed by atoms with Crippen LogP contribution in [0.5, 0.6) is 5.75 Å². The second-order valence-electron chi connectivity index (χ2n) is 7.62. The van der Waals surface area contributed by atoms with Crippen molar-refractivity contribution < 1.29 is 9.53 Å². The molecule has 0 bridgehead atoms. The fourth-order valence-corrected chi connectivity index (χ4v) is 4.06. The maximum Gasteiger partial charge on any atom is 0.256 e. The Morgan fingerprint density at radius 2 is 2.07 bits per heavy atom. The molecule has 1 aliphatic rings. The molecule has 0 aliphatic carbocycles. The van der Waals surface area contributed by atoms with Gasteiger partial charge in [0.15, 0.2) is 5.82 Å². The highest BCUT2D eigenvalue weighted by Gasteiger charge is 2.26. The van der Waals surface area contributed by atoms with Gasteiger partial charge in [0.1, 0.15) is 11.3 Å². The van der Waals surface area contributed by atoms with Crippen molar-refractivity contribution in [1.82, 2.24) is 14.9 Å². The number of anilines is 2. The first kappa shape index (κ1) is 20.5. The number of nitrogens with one attached hydrogen (secondary N) is 2. The number of carbonyl (C=O) groups is 1. The van der Waals surface area contributed by atoms with Gasteiger partial charge in [0.2, 0.25) is 0 Å². The first-order valence-corrected chi connectivity index (χ1v) is 11.2. The molecule has 1 aromatic carbocycles. The van der Waals surface area contributed by atoms with Gasteiger partial charge in [-0.05, 0) is 60.1 Å². The van der Waals surface area contributed by atoms with E-state index < -0.39 is 0 Å². The summed E-state index contributed by atoms with van der Waals surface area (Å²) in [4.78, 5) is 25.1. The van der Waals surface area contributed by atoms with Crippen molar-refractivity contribution in [2.24, 2.45) is 0 Å². The van der Waals surface area contributed by atoms with E-state index in [4.69, 9.17) is 4.74 Å². The maximum atomic E-state index is 13.2. The van der Waals surface area contributed by atoms with Crippen LogP contribution in [0.4, 0.5) is 11.5 Å². The summed E-state index contributed by atoms with van der Waals surface area (Å²) < 4.78 is 5.52. The molecule has 1 aliphatic heterocycles. The van der Waals surface area contributed by atoms with Crippen LogP contribution in [0.15, 0.2) is 42.7 Å². The highest BCUT2D eigenvalue weighted by molar-refractivity contribution is 9.09. The summed E-state index contributed by atoms with van der Waals surface area (Å²) >= 11 is 3.27. The van der Waals surface area contributed by atoms with E-state index in [0.29, 0.717) is 30.2 Å². The molecule has 158 valence electrons. The van der Waals surface area contributed by atoms with Crippen molar-refractivity contribution >= 4 is 44.2 Å². The monoisotopic (exact) mass is 471 g/mol. The third-order valence-corrected chi connectivity index (χ3v) is 5.43. The van der Waals surface area contributed by atoms with E-state index >= 15 is 0 Å². The number of hydrogen-bond donors (Lipinski definition) is 2. The quantitative estimate of drug-likeness (QED) is 0.529. The smallest absolute Gasteiger partial charge is 0.256 e. The minimum Gasteiger partial charge on any atom is -0.482 e. The van der Waals surface area contributed by atoms with Crippen molar-refractivity contribution in [3.63, 3.8) is 0 Å². The van der Waals surface area contributed by atoms with Crippen LogP contribution in [0.3, 0.4) is 0 Å². The maximum absolute atomic E-state index is 13.2. The van der Waals surface area contributed by atoms with Crippen LogP contribution in [-0.4, -0.2) is 58.5 Å². The van der Waals surface area contributed by atoms with Gasteiger partial charge in [0.25, 0.3) is 5.91 Å². The van der Waals surface area contributed by atoms with Crippen molar-refractivity contribution in [3.05, 3.63) is 48.3 Å². The number of aromatic amines is 1. The largest absolute Gasteiger partial charge is 0.482 e. The molecule has 1 amide bonds. The summed E-state index contributed by atoms with van der Waals surface area (Å²) in [5.41, 5.74) is 3.05. The van der Waals surface area contributed by atoms with Crippen LogP contribution in [-0.2, 0) is 0 Å². The Balaban J connectivity index is 1.48. The summed E-state index contributed by atoms with van der Waals surface area (Å²) in [6.45, 7) is 7.03. The zero-order valence-corrected chi connectivity index (χ0v) is 18.8. The average Bonchev–Trinajstić information content (AvgIpc) is 3.17. The number of pyridine rings is 1. The highest BCUT2D eigenvalue weighted by atomic mass is 79.9. The van der Waals surface area contributed by atoms with Gasteiger partial charge < -0.3 is 24.8 Å². The van der Waals surface area contributed by atoms with E-state index in [1.165, 1.54) is 0 Å². The number of aromatic nitrogens is 2. The third kappa shape index (κ3) is 4.23. The van der Waals surface area contributed by atoms with Crippen LogP contribution >= 0.6 is 15.9 Å². The third-order valence-electron chi connectivity index (χ3n) is 5.20. The van der Waals surface area contributed by atoms with Gasteiger partial charge in [0, 0.05) is 55.5 Å². The number of carbonyl (C=O) groups excluding carboxylic acids is 1. The second kappa shape index (κ2) is 8.95. The van der Waals surface area contributed by atoms with Gasteiger partial charge in [-0.1, -0.05) is 0 Å². The molecule has 8 heteroatoms. The minimum atomic E-state index is 0.0402. The Morgan fingerprint density at radius 1 is 1.27 bits per heavy atom. The summed E-state index contributed by atoms with van der Waals surface area (Å²) in [6, 6.07) is 10.1. The van der Waals surface area contributed by atoms with Gasteiger partial charge >= 0.3 is 0 Å². The molecular weight excluding hydrogens is 446 g/mol. The normalized spacial score (nSPS) is 14.4. The molecule has 7 nitrogen and oxygen atoms in total. The molecular formula is C22H26BrN5O2. The molecule has 30 heavy (non-hydrogen) atoms. The fourth-order valence-electron chi connectivity index (χ4n) is 3.79. The molecule has 0 atom stereocenters. The first-order chi connectivity index (χ1) is 14.6. The Bertz CT molecular complexity index is 1030. The molecule has 1 fully saturated rings. The molecule has 0 radical (unpaired) electrons. The number of piperazine rings is 1. The first-order valence-electron chi connectivity index (χ1n) is 10.1. The standard InChI is InChI=1S/C22H26BrN5O2/c1-15(2)26-20-4-3-7-24-21(20)27-8-10-28(11-9-27)22(29)18-13-25-19-6-5-16(30-14-23)12-17(18)19/h3-7,12-13,15,25-26H,8-11,14H2,1-2H3. The lowest BCUT2D eigenvalue weighted by Gasteiger charge is -2.36. The van der Waals surface area contributed by atoms with E-state index in [9.17, 15) is 4.79 Å². The zero-order chi connectivity index (χ0) is 21.1. The summed E-state index contributed by atoms with van der Waals surface area (Å²) in [5, 5.41) is 4.34. The van der Waals surface area contributed by atoms with Crippen LogP contribution in [0, 0.1) is 0 Å². The number of rotatable bonds is 6. The molecule has 2 N–H and O–H groups in total. The number of fused-ring (bicyclic) bond motifs is 1. The fraction of sp³-hybridized carbons (Fsp3) is 0.364. The molecule has 1 saturated heterocycles. The molecule has 4 rings (SSSR count). The van der Waals surface area contributed by atoms with Crippen molar-refractivity contribution in [2.45, 2.75) is 19.9 Å². The number of amides is 1. The second-order valence-corrected chi connectivity index (χ2v) is 8.07. The Hall–Kier alpha value is -2.74. The van der Waals surface area contributed by atoms with E-state index in [-0.39, 0.29) is 5.91 Å². The van der Waals surface area contributed by atoms with E-state index in [0.717, 1.165) is 41.2 Å². The van der Waals surface area contributed by atoms with Gasteiger partial charge in [-0.3, -0.25) is 4.79 Å². The molecule has 3 aromatic rings. The average molecular weight is 472 g/mol. The number of H-pyrrole nitrogens is 1. The van der Waals surface area contributed by atoms with Gasteiger partial charge in [-0.15, -0.1) is 0 Å². The SMILES string of the molecule is CC(C)Nc1cccnc1N1CCN(C(=O)c2c[nH]c3ccc(OCBr)cc23)CC1. The lowest BCUT2D eigenvalue weighted by molar-refractivity contribution is 0.0748. The molecule has 3 heterocycles. The molecule has 0 saturated carbocycles. The topological polar surface area (TPSA) is 73.5 Å². The Labute approximate surface area is 184 Å². The van der Waals surface area contributed by atoms with Gasteiger partial charge in [0.05, 0.1) is 11.3 Å². The highest BCUT2D eigenvalue weighted by Crippen LogP contribution is 2.27. The van der Waals surface area contributed by atoms with Crippen LogP contribution < -0.4 is 15.0 Å². The molecule has 0 unspecified atom stereocenters. The van der Waals surface area contributed by atoms with Crippen molar-refractivity contribution in [2.75, 3.05) is 41.9 Å². The zero-order valence-electron chi connectivity index (χ0n) is 17.2. The number of nitrogens with zero attached hydrogens (tertiary/aromatic N) is 3. The summed E-state index contributed by atoms with van der Waals surface area (Å²) in [7, 11) is 0.